The fourth-order valence-corrected chi connectivity index (χ4v) is 5.99. The second-order valence-electron chi connectivity index (χ2n) is 10.1. The van der Waals surface area contributed by atoms with Crippen LogP contribution in [0.15, 0.2) is 60.9 Å². The highest BCUT2D eigenvalue weighted by molar-refractivity contribution is 5.98. The van der Waals surface area contributed by atoms with Gasteiger partial charge in [0, 0.05) is 38.6 Å². The predicted molar refractivity (Wildman–Crippen MR) is 132 cm³/mol. The lowest BCUT2D eigenvalue weighted by molar-refractivity contribution is -0.153. The monoisotopic (exact) mass is 475 g/mol. The number of allylic oxidation sites excluding steroid dienone is 2. The molecule has 0 N–H and O–H groups in total. The molecule has 1 aromatic carbocycles. The summed E-state index contributed by atoms with van der Waals surface area (Å²) in [5.74, 6) is -0.900. The number of esters is 1. The molecular weight excluding hydrogens is 442 g/mol. The Labute approximate surface area is 206 Å². The fourth-order valence-electron chi connectivity index (χ4n) is 5.99. The highest BCUT2D eigenvalue weighted by atomic mass is 16.5. The topological polar surface area (TPSA) is 71.9 Å². The number of hydrogen-bond acceptors (Lipinski definition) is 4. The molecule has 0 bridgehead atoms. The number of ether oxygens (including phenoxy) is 1. The van der Waals surface area contributed by atoms with Gasteiger partial charge in [-0.05, 0) is 61.8 Å². The van der Waals surface area contributed by atoms with Crippen molar-refractivity contribution in [2.45, 2.75) is 32.1 Å². The van der Waals surface area contributed by atoms with Gasteiger partial charge >= 0.3 is 5.97 Å². The molecule has 1 aromatic heterocycles. The van der Waals surface area contributed by atoms with Crippen molar-refractivity contribution in [1.29, 1.82) is 0 Å². The zero-order valence-corrected chi connectivity index (χ0v) is 20.3. The van der Waals surface area contributed by atoms with Gasteiger partial charge in [-0.2, -0.15) is 0 Å². The van der Waals surface area contributed by atoms with E-state index in [4.69, 9.17) is 4.74 Å². The third-order valence-electron chi connectivity index (χ3n) is 8.13. The van der Waals surface area contributed by atoms with Gasteiger partial charge in [0.15, 0.2) is 0 Å². The largest absolute Gasteiger partial charge is 0.469 e. The number of carbonyl (C=O) groups is 3. The quantitative estimate of drug-likeness (QED) is 0.500. The zero-order valence-electron chi connectivity index (χ0n) is 20.3. The summed E-state index contributed by atoms with van der Waals surface area (Å²) in [5.41, 5.74) is 1.65. The number of methoxy groups -OCH3 is 1. The van der Waals surface area contributed by atoms with E-state index >= 15 is 0 Å². The minimum absolute atomic E-state index is 0.0532. The number of piperidine rings is 1. The molecule has 2 saturated heterocycles. The Morgan fingerprint density at radius 3 is 2.17 bits per heavy atom. The average Bonchev–Trinajstić information content (AvgIpc) is 3.59. The Balaban J connectivity index is 1.23. The van der Waals surface area contributed by atoms with E-state index in [-0.39, 0.29) is 29.1 Å². The van der Waals surface area contributed by atoms with E-state index in [1.54, 1.807) is 0 Å². The molecule has 5 rings (SSSR count). The number of rotatable bonds is 4. The molecule has 3 aliphatic rings. The standard InChI is InChI=1S/C28H33N3O4/c1-35-27(34)22-9-3-2-8-21(22)25(32)31-19-14-28(20-31)12-17-30(18-13-28)26(33)23-10-4-5-11-24(23)29-15-6-7-16-29/h2-7,10-11,15-16,21-22H,8-9,12-14,17-20H2,1H3. The molecule has 0 radical (unpaired) electrons. The van der Waals surface area contributed by atoms with Crippen LogP contribution in [-0.4, -0.2) is 65.4 Å². The molecule has 7 heteroatoms. The van der Waals surface area contributed by atoms with Crippen molar-refractivity contribution in [2.24, 2.45) is 17.3 Å². The number of aromatic nitrogens is 1. The zero-order chi connectivity index (χ0) is 24.4. The first-order valence-electron chi connectivity index (χ1n) is 12.5. The summed E-state index contributed by atoms with van der Waals surface area (Å²) in [6.07, 6.45) is 11.8. The van der Waals surface area contributed by atoms with Gasteiger partial charge < -0.3 is 19.1 Å². The van der Waals surface area contributed by atoms with Crippen molar-refractivity contribution in [3.05, 3.63) is 66.5 Å². The minimum atomic E-state index is -0.395. The third-order valence-corrected chi connectivity index (χ3v) is 8.13. The molecule has 1 spiro atoms. The Kier molecular flexibility index (Phi) is 6.50. The molecular formula is C28H33N3O4. The summed E-state index contributed by atoms with van der Waals surface area (Å²) >= 11 is 0. The first kappa shape index (κ1) is 23.4. The van der Waals surface area contributed by atoms with E-state index < -0.39 is 5.92 Å². The molecule has 184 valence electrons. The summed E-state index contributed by atoms with van der Waals surface area (Å²) in [6, 6.07) is 11.6. The van der Waals surface area contributed by atoms with E-state index in [9.17, 15) is 14.4 Å². The normalized spacial score (nSPS) is 23.5. The molecule has 2 aliphatic heterocycles. The van der Waals surface area contributed by atoms with Crippen LogP contribution in [0.4, 0.5) is 0 Å². The summed E-state index contributed by atoms with van der Waals surface area (Å²) < 4.78 is 6.94. The lowest BCUT2D eigenvalue weighted by Crippen LogP contribution is -2.46. The minimum Gasteiger partial charge on any atom is -0.469 e. The number of carbonyl (C=O) groups excluding carboxylic acids is 3. The lowest BCUT2D eigenvalue weighted by atomic mass is 9.77. The maximum Gasteiger partial charge on any atom is 0.309 e. The number of hydrogen-bond donors (Lipinski definition) is 0. The molecule has 2 amide bonds. The van der Waals surface area contributed by atoms with Gasteiger partial charge in [-0.25, -0.2) is 0 Å². The number of likely N-dealkylation sites (tertiary alicyclic amines) is 2. The van der Waals surface area contributed by atoms with Gasteiger partial charge in [0.25, 0.3) is 5.91 Å². The van der Waals surface area contributed by atoms with Gasteiger partial charge in [0.05, 0.1) is 30.2 Å². The van der Waals surface area contributed by atoms with Crippen LogP contribution in [0.5, 0.6) is 0 Å². The van der Waals surface area contributed by atoms with Crippen molar-refractivity contribution in [3.8, 4) is 5.69 Å². The SMILES string of the molecule is COC(=O)C1CC=CCC1C(=O)N1CCC2(CCN(C(=O)c3ccccc3-n3cccc3)CC2)C1. The number of nitrogens with zero attached hydrogens (tertiary/aromatic N) is 3. The Hall–Kier alpha value is -3.35. The van der Waals surface area contributed by atoms with Gasteiger partial charge in [-0.3, -0.25) is 14.4 Å². The Morgan fingerprint density at radius 1 is 0.857 bits per heavy atom. The van der Waals surface area contributed by atoms with Crippen molar-refractivity contribution in [1.82, 2.24) is 14.4 Å². The molecule has 2 unspecified atom stereocenters. The van der Waals surface area contributed by atoms with Crippen LogP contribution in [0, 0.1) is 17.3 Å². The summed E-state index contributed by atoms with van der Waals surface area (Å²) in [4.78, 5) is 43.0. The van der Waals surface area contributed by atoms with Crippen LogP contribution < -0.4 is 0 Å². The predicted octanol–water partition coefficient (Wildman–Crippen LogP) is 3.69. The molecule has 7 nitrogen and oxygen atoms in total. The third kappa shape index (κ3) is 4.51. The van der Waals surface area contributed by atoms with Crippen molar-refractivity contribution in [2.75, 3.05) is 33.3 Å². The van der Waals surface area contributed by atoms with Gasteiger partial charge in [0.1, 0.15) is 0 Å². The van der Waals surface area contributed by atoms with Crippen LogP contribution in [0.3, 0.4) is 0 Å². The van der Waals surface area contributed by atoms with Crippen LogP contribution in [0.1, 0.15) is 42.5 Å². The van der Waals surface area contributed by atoms with Gasteiger partial charge in [0.2, 0.25) is 5.91 Å². The van der Waals surface area contributed by atoms with Crippen LogP contribution >= 0.6 is 0 Å². The molecule has 0 saturated carbocycles. The van der Waals surface area contributed by atoms with Crippen molar-refractivity contribution >= 4 is 17.8 Å². The smallest absolute Gasteiger partial charge is 0.309 e. The van der Waals surface area contributed by atoms with E-state index in [1.165, 1.54) is 7.11 Å². The van der Waals surface area contributed by atoms with Crippen molar-refractivity contribution < 1.29 is 19.1 Å². The molecule has 1 aliphatic carbocycles. The molecule has 35 heavy (non-hydrogen) atoms. The number of benzene rings is 1. The molecule has 2 fully saturated rings. The summed E-state index contributed by atoms with van der Waals surface area (Å²) in [7, 11) is 1.39. The highest BCUT2D eigenvalue weighted by Crippen LogP contribution is 2.42. The van der Waals surface area contributed by atoms with Crippen LogP contribution in [0.25, 0.3) is 5.69 Å². The van der Waals surface area contributed by atoms with E-state index in [0.717, 1.165) is 31.5 Å². The molecule has 3 heterocycles. The maximum atomic E-state index is 13.4. The first-order chi connectivity index (χ1) is 17.0. The van der Waals surface area contributed by atoms with Crippen molar-refractivity contribution in [3.63, 3.8) is 0 Å². The number of para-hydroxylation sites is 1. The maximum absolute atomic E-state index is 13.4. The van der Waals surface area contributed by atoms with Gasteiger partial charge in [-0.1, -0.05) is 24.3 Å². The molecule has 2 aromatic rings. The van der Waals surface area contributed by atoms with E-state index in [0.29, 0.717) is 38.0 Å². The Bertz CT molecular complexity index is 1110. The first-order valence-corrected chi connectivity index (χ1v) is 12.5. The highest BCUT2D eigenvalue weighted by Gasteiger charge is 2.45. The second kappa shape index (κ2) is 9.72. The van der Waals surface area contributed by atoms with Gasteiger partial charge in [-0.15, -0.1) is 0 Å². The average molecular weight is 476 g/mol. The van der Waals surface area contributed by atoms with Crippen LogP contribution in [-0.2, 0) is 14.3 Å². The second-order valence-corrected chi connectivity index (χ2v) is 10.1. The lowest BCUT2D eigenvalue weighted by Gasteiger charge is -2.39. The summed E-state index contributed by atoms with van der Waals surface area (Å²) in [6.45, 7) is 2.81. The molecule has 2 atom stereocenters. The fraction of sp³-hybridized carbons (Fsp3) is 0.464. The Morgan fingerprint density at radius 2 is 1.49 bits per heavy atom. The van der Waals surface area contributed by atoms with Crippen LogP contribution in [0.2, 0.25) is 0 Å². The summed E-state index contributed by atoms with van der Waals surface area (Å²) in [5, 5.41) is 0. The number of amides is 2. The van der Waals surface area contributed by atoms with E-state index in [2.05, 4.69) is 0 Å². The van der Waals surface area contributed by atoms with E-state index in [1.807, 2.05) is 75.3 Å².